The molecule has 1 aromatic carbocycles. The minimum absolute atomic E-state index is 0.0295. The van der Waals surface area contributed by atoms with Crippen molar-refractivity contribution < 1.29 is 14.7 Å². The Kier molecular flexibility index (Phi) is 2.63. The summed E-state index contributed by atoms with van der Waals surface area (Å²) in [6.45, 7) is 0.486. The van der Waals surface area contributed by atoms with Gasteiger partial charge in [0.05, 0.1) is 11.3 Å². The van der Waals surface area contributed by atoms with Crippen LogP contribution in [0.2, 0.25) is 0 Å². The van der Waals surface area contributed by atoms with E-state index in [0.29, 0.717) is 24.3 Å². The Hall–Kier alpha value is -2.24. The quantitative estimate of drug-likeness (QED) is 0.731. The summed E-state index contributed by atoms with van der Waals surface area (Å²) in [5.74, 6) is -1.08. The minimum Gasteiger partial charge on any atom is -0.478 e. The monoisotopic (exact) mass is 235 g/mol. The van der Waals surface area contributed by atoms with Gasteiger partial charge in [0.25, 0.3) is 0 Å². The van der Waals surface area contributed by atoms with Crippen LogP contribution in [0.4, 0.5) is 11.4 Å². The largest absolute Gasteiger partial charge is 0.478 e. The van der Waals surface area contributed by atoms with E-state index >= 15 is 0 Å². The Balaban J connectivity index is 2.45. The Bertz CT molecular complexity index is 487. The molecule has 3 N–H and O–H groups in total. The van der Waals surface area contributed by atoms with Gasteiger partial charge in [-0.2, -0.15) is 0 Å². The van der Waals surface area contributed by atoms with Crippen LogP contribution in [0.15, 0.2) is 18.2 Å². The summed E-state index contributed by atoms with van der Waals surface area (Å²) in [4.78, 5) is 22.6. The first kappa shape index (κ1) is 11.3. The summed E-state index contributed by atoms with van der Waals surface area (Å²) in [7, 11) is 1.62. The van der Waals surface area contributed by atoms with Crippen LogP contribution in [0.1, 0.15) is 16.8 Å². The van der Waals surface area contributed by atoms with Gasteiger partial charge in [-0.1, -0.05) is 0 Å². The first-order valence-electron chi connectivity index (χ1n) is 5.17. The Labute approximate surface area is 98.2 Å². The maximum absolute atomic E-state index is 11.4. The van der Waals surface area contributed by atoms with Crippen LogP contribution >= 0.6 is 0 Å². The number of nitrogen functional groups attached to an aromatic ring is 1. The van der Waals surface area contributed by atoms with Crippen LogP contribution in [0.3, 0.4) is 0 Å². The fourth-order valence-corrected chi connectivity index (χ4v) is 1.88. The zero-order valence-corrected chi connectivity index (χ0v) is 9.38. The third kappa shape index (κ3) is 1.89. The van der Waals surface area contributed by atoms with Gasteiger partial charge < -0.3 is 10.8 Å². The van der Waals surface area contributed by atoms with Crippen LogP contribution in [-0.2, 0) is 4.79 Å². The SMILES string of the molecule is CN1C(=O)CCN1c1ccc(N)cc1C(=O)O. The molecule has 1 aliphatic rings. The summed E-state index contributed by atoms with van der Waals surface area (Å²) in [6, 6.07) is 4.64. The Morgan fingerprint density at radius 2 is 2.18 bits per heavy atom. The van der Waals surface area contributed by atoms with Gasteiger partial charge >= 0.3 is 5.97 Å². The number of carbonyl (C=O) groups excluding carboxylic acids is 1. The molecule has 1 fully saturated rings. The molecular weight excluding hydrogens is 222 g/mol. The van der Waals surface area contributed by atoms with Crippen molar-refractivity contribution in [1.82, 2.24) is 5.01 Å². The number of hydrogen-bond donors (Lipinski definition) is 2. The molecule has 6 nitrogen and oxygen atoms in total. The molecule has 0 aromatic heterocycles. The predicted octanol–water partition coefficient (Wildman–Crippen LogP) is 0.550. The highest BCUT2D eigenvalue weighted by Gasteiger charge is 2.28. The fraction of sp³-hybridized carbons (Fsp3) is 0.273. The van der Waals surface area contributed by atoms with Gasteiger partial charge in [-0.05, 0) is 18.2 Å². The molecule has 0 spiro atoms. The van der Waals surface area contributed by atoms with E-state index in [1.54, 1.807) is 24.2 Å². The highest BCUT2D eigenvalue weighted by atomic mass is 16.4. The minimum atomic E-state index is -1.06. The standard InChI is InChI=1S/C11H13N3O3/c1-13-10(15)4-5-14(13)9-3-2-7(12)6-8(9)11(16)17/h2-3,6H,4-5,12H2,1H3,(H,16,17). The van der Waals surface area contributed by atoms with Crippen LogP contribution < -0.4 is 10.7 Å². The van der Waals surface area contributed by atoms with Gasteiger partial charge in [0.1, 0.15) is 0 Å². The molecule has 1 saturated heterocycles. The fourth-order valence-electron chi connectivity index (χ4n) is 1.88. The summed E-state index contributed by atoms with van der Waals surface area (Å²) < 4.78 is 0. The van der Waals surface area contributed by atoms with E-state index in [0.717, 1.165) is 0 Å². The third-order valence-corrected chi connectivity index (χ3v) is 2.79. The summed E-state index contributed by atoms with van der Waals surface area (Å²) >= 11 is 0. The second kappa shape index (κ2) is 3.97. The second-order valence-corrected chi connectivity index (χ2v) is 3.87. The zero-order valence-electron chi connectivity index (χ0n) is 9.38. The van der Waals surface area contributed by atoms with Gasteiger partial charge in [-0.15, -0.1) is 0 Å². The van der Waals surface area contributed by atoms with Crippen molar-refractivity contribution in [2.75, 3.05) is 24.3 Å². The van der Waals surface area contributed by atoms with Crippen LogP contribution in [-0.4, -0.2) is 35.6 Å². The smallest absolute Gasteiger partial charge is 0.337 e. The van der Waals surface area contributed by atoms with Crippen LogP contribution in [0.25, 0.3) is 0 Å². The second-order valence-electron chi connectivity index (χ2n) is 3.87. The molecule has 1 heterocycles. The van der Waals surface area contributed by atoms with E-state index in [1.807, 2.05) is 0 Å². The number of nitrogens with zero attached hydrogens (tertiary/aromatic N) is 2. The number of amides is 1. The van der Waals surface area contributed by atoms with Crippen molar-refractivity contribution in [2.45, 2.75) is 6.42 Å². The molecule has 17 heavy (non-hydrogen) atoms. The van der Waals surface area contributed by atoms with E-state index in [2.05, 4.69) is 0 Å². The van der Waals surface area contributed by atoms with Crippen molar-refractivity contribution in [2.24, 2.45) is 0 Å². The maximum Gasteiger partial charge on any atom is 0.337 e. The van der Waals surface area contributed by atoms with E-state index in [4.69, 9.17) is 10.8 Å². The number of hydrogen-bond acceptors (Lipinski definition) is 4. The number of hydrazine groups is 1. The lowest BCUT2D eigenvalue weighted by Gasteiger charge is -2.27. The molecule has 0 radical (unpaired) electrons. The number of anilines is 2. The highest BCUT2D eigenvalue weighted by molar-refractivity contribution is 5.96. The average molecular weight is 235 g/mol. The molecule has 0 bridgehead atoms. The molecule has 0 atom stereocenters. The van der Waals surface area contributed by atoms with Gasteiger partial charge in [0, 0.05) is 25.7 Å². The van der Waals surface area contributed by atoms with Crippen molar-refractivity contribution in [3.05, 3.63) is 23.8 Å². The van der Waals surface area contributed by atoms with Crippen molar-refractivity contribution in [3.63, 3.8) is 0 Å². The third-order valence-electron chi connectivity index (χ3n) is 2.79. The van der Waals surface area contributed by atoms with E-state index in [1.165, 1.54) is 11.1 Å². The van der Waals surface area contributed by atoms with Gasteiger partial charge in [-0.3, -0.25) is 14.8 Å². The number of rotatable bonds is 2. The van der Waals surface area contributed by atoms with Gasteiger partial charge in [-0.25, -0.2) is 4.79 Å². The molecule has 0 unspecified atom stereocenters. The lowest BCUT2D eigenvalue weighted by molar-refractivity contribution is -0.126. The van der Waals surface area contributed by atoms with Crippen LogP contribution in [0, 0.1) is 0 Å². The maximum atomic E-state index is 11.4. The lowest BCUT2D eigenvalue weighted by Crippen LogP contribution is -2.36. The van der Waals surface area contributed by atoms with E-state index in [-0.39, 0.29) is 11.5 Å². The van der Waals surface area contributed by atoms with E-state index < -0.39 is 5.97 Å². The number of carbonyl (C=O) groups is 2. The molecule has 1 aliphatic heterocycles. The molecule has 0 saturated carbocycles. The topological polar surface area (TPSA) is 86.9 Å². The predicted molar refractivity (Wildman–Crippen MR) is 62.5 cm³/mol. The first-order chi connectivity index (χ1) is 8.00. The summed E-state index contributed by atoms with van der Waals surface area (Å²) in [5, 5.41) is 12.2. The van der Waals surface area contributed by atoms with Crippen molar-refractivity contribution >= 4 is 23.3 Å². The number of benzene rings is 1. The highest BCUT2D eigenvalue weighted by Crippen LogP contribution is 2.27. The Morgan fingerprint density at radius 3 is 2.71 bits per heavy atom. The molecule has 1 amide bonds. The molecule has 90 valence electrons. The van der Waals surface area contributed by atoms with Crippen LogP contribution in [0.5, 0.6) is 0 Å². The lowest BCUT2D eigenvalue weighted by atomic mass is 10.1. The molecule has 1 aromatic rings. The number of carboxylic acids is 1. The number of carboxylic acid groups (broad SMARTS) is 1. The van der Waals surface area contributed by atoms with Gasteiger partial charge in [0.2, 0.25) is 5.91 Å². The number of nitrogens with two attached hydrogens (primary N) is 1. The summed E-state index contributed by atoms with van der Waals surface area (Å²) in [5.41, 5.74) is 6.54. The summed E-state index contributed by atoms with van der Waals surface area (Å²) in [6.07, 6.45) is 0.389. The molecule has 6 heteroatoms. The molecule has 0 aliphatic carbocycles. The molecular formula is C11H13N3O3. The number of aromatic carboxylic acids is 1. The zero-order chi connectivity index (χ0) is 12.6. The normalized spacial score (nSPS) is 15.5. The van der Waals surface area contributed by atoms with Crippen molar-refractivity contribution in [1.29, 1.82) is 0 Å². The Morgan fingerprint density at radius 1 is 1.47 bits per heavy atom. The molecule has 2 rings (SSSR count). The van der Waals surface area contributed by atoms with E-state index in [9.17, 15) is 9.59 Å². The van der Waals surface area contributed by atoms with Gasteiger partial charge in [0.15, 0.2) is 0 Å². The first-order valence-corrected chi connectivity index (χ1v) is 5.17. The van der Waals surface area contributed by atoms with Crippen molar-refractivity contribution in [3.8, 4) is 0 Å². The average Bonchev–Trinajstić information content (AvgIpc) is 2.60.